The molecule has 7 heteroatoms. The molecule has 0 heterocycles. The summed E-state index contributed by atoms with van der Waals surface area (Å²) in [5, 5.41) is 12.0. The highest BCUT2D eigenvalue weighted by Crippen LogP contribution is 2.29. The van der Waals surface area contributed by atoms with Crippen molar-refractivity contribution in [1.82, 2.24) is 0 Å². The summed E-state index contributed by atoms with van der Waals surface area (Å²) < 4.78 is 15.6. The van der Waals surface area contributed by atoms with Crippen LogP contribution in [0.1, 0.15) is 15.9 Å². The van der Waals surface area contributed by atoms with E-state index in [1.807, 2.05) is 0 Å². The Morgan fingerprint density at radius 2 is 1.65 bits per heavy atom. The van der Waals surface area contributed by atoms with E-state index >= 15 is 0 Å². The number of methoxy groups -OCH3 is 2. The third kappa shape index (κ3) is 5.00. The number of benzene rings is 3. The molecule has 0 bridgehead atoms. The molecule has 1 N–H and O–H groups in total. The molecule has 156 valence electrons. The van der Waals surface area contributed by atoms with Crippen LogP contribution >= 0.6 is 0 Å². The van der Waals surface area contributed by atoms with Crippen molar-refractivity contribution in [3.8, 4) is 28.7 Å². The lowest BCUT2D eigenvalue weighted by atomic mass is 9.96. The molecule has 0 aliphatic carbocycles. The van der Waals surface area contributed by atoms with E-state index in [4.69, 9.17) is 14.2 Å². The molecule has 0 fully saturated rings. The molecule has 3 aromatic carbocycles. The molecule has 0 saturated carbocycles. The second kappa shape index (κ2) is 9.94. The molecule has 0 atom stereocenters. The van der Waals surface area contributed by atoms with Gasteiger partial charge in [0.25, 0.3) is 5.91 Å². The van der Waals surface area contributed by atoms with Gasteiger partial charge in [-0.05, 0) is 29.8 Å². The summed E-state index contributed by atoms with van der Waals surface area (Å²) >= 11 is 0. The second-order valence-electron chi connectivity index (χ2n) is 6.39. The number of amides is 1. The summed E-state index contributed by atoms with van der Waals surface area (Å²) in [6.45, 7) is -0.493. The second-order valence-corrected chi connectivity index (χ2v) is 6.39. The van der Waals surface area contributed by atoms with E-state index in [1.54, 1.807) is 66.7 Å². The predicted octanol–water partition coefficient (Wildman–Crippen LogP) is 4.04. The summed E-state index contributed by atoms with van der Waals surface area (Å²) in [6.07, 6.45) is 0. The van der Waals surface area contributed by atoms with E-state index in [9.17, 15) is 14.9 Å². The van der Waals surface area contributed by atoms with Crippen LogP contribution in [-0.2, 0) is 9.53 Å². The molecule has 0 aliphatic heterocycles. The quantitative estimate of drug-likeness (QED) is 0.584. The molecular weight excluding hydrogens is 396 g/mol. The van der Waals surface area contributed by atoms with Gasteiger partial charge in [-0.2, -0.15) is 5.26 Å². The Balaban J connectivity index is 1.74. The van der Waals surface area contributed by atoms with Gasteiger partial charge >= 0.3 is 5.97 Å². The number of ether oxygens (including phenoxy) is 3. The topological polar surface area (TPSA) is 97.7 Å². The highest BCUT2D eigenvalue weighted by Gasteiger charge is 2.18. The van der Waals surface area contributed by atoms with Gasteiger partial charge < -0.3 is 19.5 Å². The van der Waals surface area contributed by atoms with Crippen molar-refractivity contribution in [3.05, 3.63) is 77.9 Å². The summed E-state index contributed by atoms with van der Waals surface area (Å²) in [5.74, 6) is -0.219. The van der Waals surface area contributed by atoms with Crippen LogP contribution < -0.4 is 14.8 Å². The van der Waals surface area contributed by atoms with Crippen LogP contribution in [0.5, 0.6) is 11.5 Å². The van der Waals surface area contributed by atoms with Crippen molar-refractivity contribution in [3.63, 3.8) is 0 Å². The van der Waals surface area contributed by atoms with Crippen LogP contribution in [0.2, 0.25) is 0 Å². The smallest absolute Gasteiger partial charge is 0.339 e. The first-order chi connectivity index (χ1) is 15.1. The van der Waals surface area contributed by atoms with Gasteiger partial charge in [0.1, 0.15) is 11.5 Å². The number of rotatable bonds is 7. The maximum absolute atomic E-state index is 12.7. The Kier molecular flexibility index (Phi) is 6.86. The predicted molar refractivity (Wildman–Crippen MR) is 115 cm³/mol. The normalized spacial score (nSPS) is 9.97. The van der Waals surface area contributed by atoms with Gasteiger partial charge in [-0.15, -0.1) is 0 Å². The lowest BCUT2D eigenvalue weighted by Crippen LogP contribution is -2.21. The largest absolute Gasteiger partial charge is 0.497 e. The van der Waals surface area contributed by atoms with Gasteiger partial charge in [0, 0.05) is 11.6 Å². The number of nitrogens with one attached hydrogen (secondary N) is 1. The number of hydrogen-bond donors (Lipinski definition) is 1. The number of nitriles is 1. The maximum Gasteiger partial charge on any atom is 0.339 e. The number of carbonyl (C=O) groups excluding carboxylic acids is 2. The summed E-state index contributed by atoms with van der Waals surface area (Å²) in [7, 11) is 2.99. The Morgan fingerprint density at radius 1 is 0.935 bits per heavy atom. The van der Waals surface area contributed by atoms with Crippen LogP contribution in [0.3, 0.4) is 0 Å². The lowest BCUT2D eigenvalue weighted by Gasteiger charge is -2.13. The monoisotopic (exact) mass is 416 g/mol. The molecule has 0 saturated heterocycles. The van der Waals surface area contributed by atoms with E-state index in [0.29, 0.717) is 33.9 Å². The standard InChI is InChI=1S/C24H20N2O5/c1-29-17-11-12-22(30-2)21(13-17)26-23(27)15-31-24(28)20-10-6-5-9-19(20)18-8-4-3-7-16(18)14-25/h3-13H,15H2,1-2H3,(H,26,27). The summed E-state index contributed by atoms with van der Waals surface area (Å²) in [4.78, 5) is 25.0. The van der Waals surface area contributed by atoms with Crippen molar-refractivity contribution < 1.29 is 23.8 Å². The molecule has 0 aromatic heterocycles. The Hall–Kier alpha value is -4.31. The SMILES string of the molecule is COc1ccc(OC)c(NC(=O)COC(=O)c2ccccc2-c2ccccc2C#N)c1. The van der Waals surface area contributed by atoms with Crippen LogP contribution in [-0.4, -0.2) is 32.7 Å². The Labute approximate surface area is 179 Å². The molecule has 3 aromatic rings. The molecule has 31 heavy (non-hydrogen) atoms. The fraction of sp³-hybridized carbons (Fsp3) is 0.125. The Bertz CT molecular complexity index is 1150. The molecular formula is C24H20N2O5. The first-order valence-corrected chi connectivity index (χ1v) is 9.35. The lowest BCUT2D eigenvalue weighted by molar-refractivity contribution is -0.119. The molecule has 3 rings (SSSR count). The van der Waals surface area contributed by atoms with E-state index in [-0.39, 0.29) is 5.56 Å². The number of hydrogen-bond acceptors (Lipinski definition) is 6. The highest BCUT2D eigenvalue weighted by molar-refractivity contribution is 6.00. The third-order valence-electron chi connectivity index (χ3n) is 4.50. The molecule has 0 aliphatic rings. The van der Waals surface area contributed by atoms with Gasteiger partial charge in [-0.1, -0.05) is 36.4 Å². The fourth-order valence-electron chi connectivity index (χ4n) is 3.02. The van der Waals surface area contributed by atoms with Gasteiger partial charge in [0.15, 0.2) is 6.61 Å². The minimum Gasteiger partial charge on any atom is -0.497 e. The fourth-order valence-corrected chi connectivity index (χ4v) is 3.02. The first kappa shape index (κ1) is 21.4. The zero-order chi connectivity index (χ0) is 22.2. The van der Waals surface area contributed by atoms with Crippen molar-refractivity contribution in [1.29, 1.82) is 5.26 Å². The molecule has 1 amide bonds. The van der Waals surface area contributed by atoms with Gasteiger partial charge in [0.05, 0.1) is 37.1 Å². The summed E-state index contributed by atoms with van der Waals surface area (Å²) in [5.41, 5.74) is 2.26. The number of esters is 1. The molecule has 0 radical (unpaired) electrons. The molecule has 0 spiro atoms. The number of carbonyl (C=O) groups is 2. The Morgan fingerprint density at radius 3 is 2.35 bits per heavy atom. The zero-order valence-corrected chi connectivity index (χ0v) is 17.0. The minimum absolute atomic E-state index is 0.261. The van der Waals surface area contributed by atoms with Crippen LogP contribution in [0.4, 0.5) is 5.69 Å². The van der Waals surface area contributed by atoms with Crippen molar-refractivity contribution in [2.24, 2.45) is 0 Å². The van der Waals surface area contributed by atoms with E-state index in [2.05, 4.69) is 11.4 Å². The van der Waals surface area contributed by atoms with E-state index < -0.39 is 18.5 Å². The summed E-state index contributed by atoms with van der Waals surface area (Å²) in [6, 6.07) is 20.8. The van der Waals surface area contributed by atoms with Crippen LogP contribution in [0, 0.1) is 11.3 Å². The van der Waals surface area contributed by atoms with Crippen molar-refractivity contribution in [2.75, 3.05) is 26.1 Å². The minimum atomic E-state index is -0.670. The maximum atomic E-state index is 12.7. The van der Waals surface area contributed by atoms with E-state index in [1.165, 1.54) is 14.2 Å². The average molecular weight is 416 g/mol. The average Bonchev–Trinajstić information content (AvgIpc) is 2.82. The number of anilines is 1. The van der Waals surface area contributed by atoms with Crippen molar-refractivity contribution in [2.45, 2.75) is 0 Å². The van der Waals surface area contributed by atoms with Crippen LogP contribution in [0.25, 0.3) is 11.1 Å². The zero-order valence-electron chi connectivity index (χ0n) is 17.0. The van der Waals surface area contributed by atoms with Gasteiger partial charge in [-0.25, -0.2) is 4.79 Å². The van der Waals surface area contributed by atoms with Gasteiger partial charge in [-0.3, -0.25) is 4.79 Å². The molecule has 0 unspecified atom stereocenters. The first-order valence-electron chi connectivity index (χ1n) is 9.35. The van der Waals surface area contributed by atoms with Crippen LogP contribution in [0.15, 0.2) is 66.7 Å². The molecule has 7 nitrogen and oxygen atoms in total. The number of nitrogens with zero attached hydrogens (tertiary/aromatic N) is 1. The third-order valence-corrected chi connectivity index (χ3v) is 4.50. The highest BCUT2D eigenvalue weighted by atomic mass is 16.5. The van der Waals surface area contributed by atoms with Gasteiger partial charge in [0.2, 0.25) is 0 Å². The van der Waals surface area contributed by atoms with Crippen molar-refractivity contribution >= 4 is 17.6 Å². The van der Waals surface area contributed by atoms with E-state index in [0.717, 1.165) is 0 Å².